The molecule has 0 aliphatic heterocycles. The SMILES string of the molecule is CCc1cc(C)cc(CC)c1C1C(=O)CC(CC(C)S(=O)C(C)C)CC1=O. The monoisotopic (exact) mass is 390 g/mol. The minimum absolute atomic E-state index is 0.0175. The molecule has 0 amide bonds. The Balaban J connectivity index is 2.26. The first-order valence-corrected chi connectivity index (χ1v) is 11.5. The molecule has 0 bridgehead atoms. The lowest BCUT2D eigenvalue weighted by Gasteiger charge is -2.30. The van der Waals surface area contributed by atoms with Gasteiger partial charge in [0.2, 0.25) is 0 Å². The number of Topliss-reactive ketones (excluding diaryl/α,β-unsaturated/α-hetero) is 2. The fourth-order valence-electron chi connectivity index (χ4n) is 4.48. The van der Waals surface area contributed by atoms with E-state index in [9.17, 15) is 13.8 Å². The van der Waals surface area contributed by atoms with E-state index < -0.39 is 16.7 Å². The molecule has 0 radical (unpaired) electrons. The summed E-state index contributed by atoms with van der Waals surface area (Å²) in [6.07, 6.45) is 3.19. The number of ketones is 2. The zero-order valence-corrected chi connectivity index (χ0v) is 18.4. The van der Waals surface area contributed by atoms with Gasteiger partial charge < -0.3 is 0 Å². The molecule has 2 atom stereocenters. The summed E-state index contributed by atoms with van der Waals surface area (Å²) in [6.45, 7) is 12.1. The third kappa shape index (κ3) is 4.96. The van der Waals surface area contributed by atoms with Crippen molar-refractivity contribution < 1.29 is 13.8 Å². The van der Waals surface area contributed by atoms with Crippen LogP contribution < -0.4 is 0 Å². The molecule has 1 saturated carbocycles. The predicted octanol–water partition coefficient (Wildman–Crippen LogP) is 4.69. The highest BCUT2D eigenvalue weighted by molar-refractivity contribution is 7.86. The molecule has 27 heavy (non-hydrogen) atoms. The molecule has 2 rings (SSSR count). The number of aryl methyl sites for hydroxylation is 3. The molecule has 2 unspecified atom stereocenters. The molecule has 4 heteroatoms. The smallest absolute Gasteiger partial charge is 0.148 e. The summed E-state index contributed by atoms with van der Waals surface area (Å²) >= 11 is 0. The van der Waals surface area contributed by atoms with E-state index >= 15 is 0 Å². The second-order valence-electron chi connectivity index (χ2n) is 8.27. The fourth-order valence-corrected chi connectivity index (χ4v) is 5.87. The van der Waals surface area contributed by atoms with Crippen molar-refractivity contribution in [3.05, 3.63) is 34.4 Å². The Labute approximate surface area is 166 Å². The van der Waals surface area contributed by atoms with Gasteiger partial charge in [0.1, 0.15) is 17.5 Å². The first kappa shape index (κ1) is 22.0. The lowest BCUT2D eigenvalue weighted by Crippen LogP contribution is -2.35. The molecule has 0 N–H and O–H groups in total. The van der Waals surface area contributed by atoms with Crippen molar-refractivity contribution in [3.8, 4) is 0 Å². The van der Waals surface area contributed by atoms with Crippen LogP contribution in [0.15, 0.2) is 12.1 Å². The summed E-state index contributed by atoms with van der Waals surface area (Å²) in [6, 6.07) is 4.24. The van der Waals surface area contributed by atoms with Crippen LogP contribution in [-0.2, 0) is 33.2 Å². The van der Waals surface area contributed by atoms with E-state index in [1.165, 1.54) is 5.56 Å². The minimum Gasteiger partial charge on any atom is -0.299 e. The maximum absolute atomic E-state index is 13.0. The Hall–Kier alpha value is -1.29. The molecule has 0 saturated heterocycles. The van der Waals surface area contributed by atoms with Gasteiger partial charge in [-0.25, -0.2) is 0 Å². The molecule has 0 aromatic heterocycles. The van der Waals surface area contributed by atoms with Gasteiger partial charge in [0.15, 0.2) is 0 Å². The first-order chi connectivity index (χ1) is 12.7. The van der Waals surface area contributed by atoms with E-state index in [2.05, 4.69) is 32.9 Å². The maximum Gasteiger partial charge on any atom is 0.148 e. The minimum atomic E-state index is -0.921. The average Bonchev–Trinajstić information content (AvgIpc) is 2.60. The van der Waals surface area contributed by atoms with Crippen molar-refractivity contribution in [1.29, 1.82) is 0 Å². The van der Waals surface area contributed by atoms with Crippen LogP contribution in [0.3, 0.4) is 0 Å². The van der Waals surface area contributed by atoms with Crippen LogP contribution in [0, 0.1) is 12.8 Å². The standard InChI is InChI=1S/C23H34O3S/c1-7-18-9-15(5)10-19(8-2)22(18)23-20(24)12-17(13-21(23)25)11-16(6)27(26)14(3)4/h9-10,14,16-17,23H,7-8,11-13H2,1-6H3. The second kappa shape index (κ2) is 9.27. The van der Waals surface area contributed by atoms with Crippen molar-refractivity contribution in [2.24, 2.45) is 5.92 Å². The quantitative estimate of drug-likeness (QED) is 0.635. The van der Waals surface area contributed by atoms with Gasteiger partial charge in [-0.05, 0) is 48.8 Å². The molecule has 0 spiro atoms. The van der Waals surface area contributed by atoms with Gasteiger partial charge >= 0.3 is 0 Å². The van der Waals surface area contributed by atoms with E-state index in [1.807, 2.05) is 20.8 Å². The predicted molar refractivity (Wildman–Crippen MR) is 113 cm³/mol. The van der Waals surface area contributed by atoms with Crippen LogP contribution >= 0.6 is 0 Å². The van der Waals surface area contributed by atoms with Crippen LogP contribution in [0.4, 0.5) is 0 Å². The van der Waals surface area contributed by atoms with Gasteiger partial charge in [0.25, 0.3) is 0 Å². The third-order valence-corrected chi connectivity index (χ3v) is 7.61. The topological polar surface area (TPSA) is 51.2 Å². The number of rotatable bonds is 7. The van der Waals surface area contributed by atoms with Crippen molar-refractivity contribution in [3.63, 3.8) is 0 Å². The largest absolute Gasteiger partial charge is 0.299 e. The van der Waals surface area contributed by atoms with E-state index in [4.69, 9.17) is 0 Å². The molecule has 1 fully saturated rings. The summed E-state index contributed by atoms with van der Waals surface area (Å²) in [5, 5.41) is 0.124. The fraction of sp³-hybridized carbons (Fsp3) is 0.652. The number of hydrogen-bond donors (Lipinski definition) is 0. The summed E-state index contributed by atoms with van der Waals surface area (Å²) < 4.78 is 12.3. The van der Waals surface area contributed by atoms with E-state index in [1.54, 1.807) is 0 Å². The molecular weight excluding hydrogens is 356 g/mol. The summed E-state index contributed by atoms with van der Waals surface area (Å²) in [5.74, 6) is -0.476. The lowest BCUT2D eigenvalue weighted by atomic mass is 9.72. The van der Waals surface area contributed by atoms with Crippen LogP contribution in [0.2, 0.25) is 0 Å². The number of benzene rings is 1. The molecular formula is C23H34O3S. The van der Waals surface area contributed by atoms with Crippen molar-refractivity contribution >= 4 is 22.4 Å². The van der Waals surface area contributed by atoms with Gasteiger partial charge in [-0.2, -0.15) is 0 Å². The van der Waals surface area contributed by atoms with Crippen LogP contribution in [-0.4, -0.2) is 26.3 Å². The molecule has 1 aliphatic carbocycles. The van der Waals surface area contributed by atoms with Crippen LogP contribution in [0.1, 0.15) is 82.1 Å². The Morgan fingerprint density at radius 3 is 1.89 bits per heavy atom. The Morgan fingerprint density at radius 1 is 1.00 bits per heavy atom. The van der Waals surface area contributed by atoms with Gasteiger partial charge in [0, 0.05) is 34.1 Å². The highest BCUT2D eigenvalue weighted by Crippen LogP contribution is 2.37. The van der Waals surface area contributed by atoms with Gasteiger partial charge in [0.05, 0.1) is 0 Å². The summed E-state index contributed by atoms with van der Waals surface area (Å²) in [5.41, 5.74) is 4.42. The maximum atomic E-state index is 13.0. The molecule has 0 heterocycles. The van der Waals surface area contributed by atoms with E-state index in [0.29, 0.717) is 19.3 Å². The zero-order chi connectivity index (χ0) is 20.3. The second-order valence-corrected chi connectivity index (χ2v) is 10.7. The van der Waals surface area contributed by atoms with E-state index in [0.717, 1.165) is 29.5 Å². The lowest BCUT2D eigenvalue weighted by molar-refractivity contribution is -0.133. The van der Waals surface area contributed by atoms with Crippen molar-refractivity contribution in [2.45, 2.75) is 90.1 Å². The highest BCUT2D eigenvalue weighted by atomic mass is 32.2. The number of hydrogen-bond acceptors (Lipinski definition) is 3. The molecule has 1 aromatic carbocycles. The normalized spacial score (nSPS) is 22.9. The Morgan fingerprint density at radius 2 is 1.48 bits per heavy atom. The molecule has 1 aliphatic rings. The van der Waals surface area contributed by atoms with Gasteiger partial charge in [-0.1, -0.05) is 52.3 Å². The molecule has 150 valence electrons. The average molecular weight is 391 g/mol. The molecule has 3 nitrogen and oxygen atoms in total. The Kier molecular flexibility index (Phi) is 7.55. The van der Waals surface area contributed by atoms with Crippen LogP contribution in [0.25, 0.3) is 0 Å². The molecule has 1 aromatic rings. The van der Waals surface area contributed by atoms with Gasteiger partial charge in [-0.15, -0.1) is 0 Å². The van der Waals surface area contributed by atoms with Crippen molar-refractivity contribution in [1.82, 2.24) is 0 Å². The number of carbonyl (C=O) groups excluding carboxylic acids is 2. The Bertz CT molecular complexity index is 692. The van der Waals surface area contributed by atoms with Gasteiger partial charge in [-0.3, -0.25) is 13.8 Å². The van der Waals surface area contributed by atoms with E-state index in [-0.39, 0.29) is 28.0 Å². The summed E-state index contributed by atoms with van der Waals surface area (Å²) in [4.78, 5) is 26.1. The van der Waals surface area contributed by atoms with Crippen LogP contribution in [0.5, 0.6) is 0 Å². The van der Waals surface area contributed by atoms with Crippen molar-refractivity contribution in [2.75, 3.05) is 0 Å². The zero-order valence-electron chi connectivity index (χ0n) is 17.6. The summed E-state index contributed by atoms with van der Waals surface area (Å²) in [7, 11) is -0.921. The number of carbonyl (C=O) groups is 2. The third-order valence-electron chi connectivity index (χ3n) is 5.70. The highest BCUT2D eigenvalue weighted by Gasteiger charge is 2.39. The first-order valence-electron chi connectivity index (χ1n) is 10.3.